The second-order valence-corrected chi connectivity index (χ2v) is 4.13. The minimum absolute atomic E-state index is 0.0437. The van der Waals surface area contributed by atoms with E-state index in [1.807, 2.05) is 43.1 Å². The quantitative estimate of drug-likeness (QED) is 0.581. The van der Waals surface area contributed by atoms with Crippen LogP contribution in [-0.4, -0.2) is 39.3 Å². The molecule has 0 aliphatic carbocycles. The number of hydrogen-bond donors (Lipinski definition) is 2. The van der Waals surface area contributed by atoms with Crippen molar-refractivity contribution >= 4 is 17.3 Å². The number of benzene rings is 1. The van der Waals surface area contributed by atoms with E-state index >= 15 is 0 Å². The van der Waals surface area contributed by atoms with Gasteiger partial charge in [0.2, 0.25) is 5.91 Å². The first-order chi connectivity index (χ1) is 8.57. The van der Waals surface area contributed by atoms with Crippen molar-refractivity contribution in [3.05, 3.63) is 24.3 Å². The molecule has 1 aromatic carbocycles. The molecule has 5 nitrogen and oxygen atoms in total. The van der Waals surface area contributed by atoms with Gasteiger partial charge in [0.25, 0.3) is 0 Å². The molecule has 100 valence electrons. The Morgan fingerprint density at radius 2 is 2.17 bits per heavy atom. The Morgan fingerprint density at radius 1 is 1.50 bits per heavy atom. The van der Waals surface area contributed by atoms with Gasteiger partial charge in [-0.1, -0.05) is 12.1 Å². The minimum Gasteiger partial charge on any atom is -0.397 e. The molecule has 0 saturated carbocycles. The molecular formula is C13H21N3O2. The molecule has 0 spiro atoms. The molecule has 0 aliphatic rings. The second-order valence-electron chi connectivity index (χ2n) is 4.13. The molecule has 1 unspecified atom stereocenters. The number of likely N-dealkylation sites (N-methyl/N-ethyl adjacent to an activating group) is 1. The van der Waals surface area contributed by atoms with E-state index in [4.69, 9.17) is 10.5 Å². The van der Waals surface area contributed by atoms with Gasteiger partial charge in [0.05, 0.1) is 18.0 Å². The number of carbonyl (C=O) groups is 1. The molecular weight excluding hydrogens is 230 g/mol. The average molecular weight is 251 g/mol. The van der Waals surface area contributed by atoms with Gasteiger partial charge in [-0.15, -0.1) is 0 Å². The molecule has 3 N–H and O–H groups in total. The van der Waals surface area contributed by atoms with Gasteiger partial charge in [-0.2, -0.15) is 0 Å². The van der Waals surface area contributed by atoms with Gasteiger partial charge in [-0.25, -0.2) is 0 Å². The lowest BCUT2D eigenvalue weighted by Gasteiger charge is -2.27. The molecule has 0 heterocycles. The lowest BCUT2D eigenvalue weighted by Crippen LogP contribution is -2.44. The zero-order valence-corrected chi connectivity index (χ0v) is 11.1. The topological polar surface area (TPSA) is 67.6 Å². The summed E-state index contributed by atoms with van der Waals surface area (Å²) in [5.41, 5.74) is 7.40. The zero-order chi connectivity index (χ0) is 13.5. The number of ether oxygens (including phenoxy) is 1. The van der Waals surface area contributed by atoms with Gasteiger partial charge in [0, 0.05) is 20.7 Å². The lowest BCUT2D eigenvalue weighted by molar-refractivity contribution is -0.122. The summed E-state index contributed by atoms with van der Waals surface area (Å²) in [5, 5.41) is 2.81. The molecule has 0 saturated heterocycles. The highest BCUT2D eigenvalue weighted by atomic mass is 16.5. The van der Waals surface area contributed by atoms with E-state index in [0.29, 0.717) is 18.8 Å². The molecule has 1 rings (SSSR count). The van der Waals surface area contributed by atoms with Gasteiger partial charge >= 0.3 is 0 Å². The number of para-hydroxylation sites is 2. The maximum absolute atomic E-state index is 11.9. The summed E-state index contributed by atoms with van der Waals surface area (Å²) in [7, 11) is 3.46. The third-order valence-electron chi connectivity index (χ3n) is 2.88. The molecule has 0 aliphatic heterocycles. The van der Waals surface area contributed by atoms with E-state index in [1.165, 1.54) is 0 Å². The monoisotopic (exact) mass is 251 g/mol. The maximum Gasteiger partial charge on any atom is 0.242 e. The summed E-state index contributed by atoms with van der Waals surface area (Å²) in [4.78, 5) is 13.8. The summed E-state index contributed by atoms with van der Waals surface area (Å²) in [6, 6.07) is 7.20. The van der Waals surface area contributed by atoms with Crippen LogP contribution in [0.1, 0.15) is 6.92 Å². The summed E-state index contributed by atoms with van der Waals surface area (Å²) in [6.45, 7) is 2.86. The van der Waals surface area contributed by atoms with E-state index in [2.05, 4.69) is 5.32 Å². The van der Waals surface area contributed by atoms with Crippen molar-refractivity contribution in [1.29, 1.82) is 0 Å². The van der Waals surface area contributed by atoms with Crippen LogP contribution in [0.3, 0.4) is 0 Å². The van der Waals surface area contributed by atoms with Crippen molar-refractivity contribution in [2.24, 2.45) is 0 Å². The fourth-order valence-corrected chi connectivity index (χ4v) is 1.62. The number of carbonyl (C=O) groups excluding carboxylic acids is 1. The smallest absolute Gasteiger partial charge is 0.242 e. The Bertz CT molecular complexity index is 396. The number of nitrogens with two attached hydrogens (primary N) is 1. The van der Waals surface area contributed by atoms with E-state index < -0.39 is 0 Å². The van der Waals surface area contributed by atoms with Crippen molar-refractivity contribution in [2.75, 3.05) is 37.9 Å². The molecule has 0 aromatic heterocycles. The van der Waals surface area contributed by atoms with Crippen LogP contribution in [0, 0.1) is 0 Å². The van der Waals surface area contributed by atoms with Crippen LogP contribution < -0.4 is 16.0 Å². The minimum atomic E-state index is -0.286. The number of hydrogen-bond acceptors (Lipinski definition) is 4. The predicted octanol–water partition coefficient (Wildman–Crippen LogP) is 0.856. The number of nitrogens with zero attached hydrogens (tertiary/aromatic N) is 1. The number of anilines is 2. The second kappa shape index (κ2) is 6.86. The molecule has 1 amide bonds. The number of nitrogens with one attached hydrogen (secondary N) is 1. The van der Waals surface area contributed by atoms with Gasteiger partial charge in [-0.05, 0) is 19.1 Å². The van der Waals surface area contributed by atoms with Crippen molar-refractivity contribution in [2.45, 2.75) is 13.0 Å². The van der Waals surface area contributed by atoms with Gasteiger partial charge in [0.1, 0.15) is 6.04 Å². The van der Waals surface area contributed by atoms with Crippen LogP contribution in [0.2, 0.25) is 0 Å². The van der Waals surface area contributed by atoms with Crippen molar-refractivity contribution in [3.8, 4) is 0 Å². The average Bonchev–Trinajstić information content (AvgIpc) is 2.38. The Morgan fingerprint density at radius 3 is 2.78 bits per heavy atom. The van der Waals surface area contributed by atoms with Crippen LogP contribution in [0.5, 0.6) is 0 Å². The van der Waals surface area contributed by atoms with Crippen LogP contribution in [-0.2, 0) is 9.53 Å². The number of methoxy groups -OCH3 is 1. The number of amides is 1. The third kappa shape index (κ3) is 3.63. The molecule has 0 fully saturated rings. The summed E-state index contributed by atoms with van der Waals surface area (Å²) in [6.07, 6.45) is 0. The highest BCUT2D eigenvalue weighted by molar-refractivity contribution is 5.86. The fourth-order valence-electron chi connectivity index (χ4n) is 1.62. The molecule has 1 atom stereocenters. The SMILES string of the molecule is COCCNC(=O)C(C)N(C)c1ccccc1N. The van der Waals surface area contributed by atoms with Gasteiger partial charge < -0.3 is 20.7 Å². The molecule has 5 heteroatoms. The summed E-state index contributed by atoms with van der Waals surface area (Å²) >= 11 is 0. The molecule has 0 radical (unpaired) electrons. The molecule has 0 bridgehead atoms. The molecule has 1 aromatic rings. The Hall–Kier alpha value is -1.75. The summed E-state index contributed by atoms with van der Waals surface area (Å²) in [5.74, 6) is -0.0437. The van der Waals surface area contributed by atoms with Crippen molar-refractivity contribution in [3.63, 3.8) is 0 Å². The summed E-state index contributed by atoms with van der Waals surface area (Å²) < 4.78 is 4.89. The fraction of sp³-hybridized carbons (Fsp3) is 0.462. The van der Waals surface area contributed by atoms with E-state index in [1.54, 1.807) is 7.11 Å². The van der Waals surface area contributed by atoms with Crippen LogP contribution in [0.15, 0.2) is 24.3 Å². The van der Waals surface area contributed by atoms with Crippen LogP contribution >= 0.6 is 0 Å². The number of nitrogen functional groups attached to an aromatic ring is 1. The Balaban J connectivity index is 2.63. The first-order valence-corrected chi connectivity index (χ1v) is 5.92. The standard InChI is InChI=1S/C13H21N3O2/c1-10(13(17)15-8-9-18-3)16(2)12-7-5-4-6-11(12)14/h4-7,10H,8-9,14H2,1-3H3,(H,15,17). The van der Waals surface area contributed by atoms with Gasteiger partial charge in [0.15, 0.2) is 0 Å². The maximum atomic E-state index is 11.9. The highest BCUT2D eigenvalue weighted by Crippen LogP contribution is 2.22. The van der Waals surface area contributed by atoms with Crippen LogP contribution in [0.4, 0.5) is 11.4 Å². The van der Waals surface area contributed by atoms with Crippen molar-refractivity contribution in [1.82, 2.24) is 5.32 Å². The highest BCUT2D eigenvalue weighted by Gasteiger charge is 2.19. The predicted molar refractivity (Wildman–Crippen MR) is 73.6 cm³/mol. The van der Waals surface area contributed by atoms with E-state index in [9.17, 15) is 4.79 Å². The Labute approximate surface area is 108 Å². The first kappa shape index (κ1) is 14.3. The number of rotatable bonds is 6. The van der Waals surface area contributed by atoms with Crippen LogP contribution in [0.25, 0.3) is 0 Å². The van der Waals surface area contributed by atoms with E-state index in [0.717, 1.165) is 5.69 Å². The van der Waals surface area contributed by atoms with Crippen molar-refractivity contribution < 1.29 is 9.53 Å². The third-order valence-corrected chi connectivity index (χ3v) is 2.88. The normalized spacial score (nSPS) is 11.9. The van der Waals surface area contributed by atoms with Gasteiger partial charge in [-0.3, -0.25) is 4.79 Å². The first-order valence-electron chi connectivity index (χ1n) is 5.92. The largest absolute Gasteiger partial charge is 0.397 e. The lowest BCUT2D eigenvalue weighted by atomic mass is 10.2. The zero-order valence-electron chi connectivity index (χ0n) is 11.1. The van der Waals surface area contributed by atoms with E-state index in [-0.39, 0.29) is 11.9 Å². The Kier molecular flexibility index (Phi) is 5.45. The molecule has 18 heavy (non-hydrogen) atoms.